The van der Waals surface area contributed by atoms with Crippen molar-refractivity contribution < 1.29 is 14.7 Å². The maximum absolute atomic E-state index is 11.7. The highest BCUT2D eigenvalue weighted by Crippen LogP contribution is 2.19. The summed E-state index contributed by atoms with van der Waals surface area (Å²) in [4.78, 5) is 24.0. The van der Waals surface area contributed by atoms with Crippen LogP contribution in [0.2, 0.25) is 5.02 Å². The van der Waals surface area contributed by atoms with Gasteiger partial charge >= 0.3 is 5.97 Å². The molecule has 1 aromatic carbocycles. The summed E-state index contributed by atoms with van der Waals surface area (Å²) in [6.07, 6.45) is 0. The first-order valence-electron chi connectivity index (χ1n) is 5.10. The Hall–Kier alpha value is -1.59. The fourth-order valence-electron chi connectivity index (χ4n) is 1.69. The number of halogens is 1. The first-order valence-corrected chi connectivity index (χ1v) is 5.48. The van der Waals surface area contributed by atoms with Gasteiger partial charge < -0.3 is 10.0 Å². The Labute approximate surface area is 103 Å². The maximum Gasteiger partial charge on any atom is 0.322 e. The van der Waals surface area contributed by atoms with Gasteiger partial charge in [0.2, 0.25) is 5.91 Å². The lowest BCUT2D eigenvalue weighted by Gasteiger charge is -2.31. The van der Waals surface area contributed by atoms with Crippen LogP contribution in [0.4, 0.5) is 5.69 Å². The summed E-state index contributed by atoms with van der Waals surface area (Å²) in [5.74, 6) is -1.11. The van der Waals surface area contributed by atoms with Crippen LogP contribution >= 0.6 is 11.6 Å². The van der Waals surface area contributed by atoms with Crippen LogP contribution in [0.15, 0.2) is 24.3 Å². The van der Waals surface area contributed by atoms with E-state index < -0.39 is 12.0 Å². The zero-order valence-electron chi connectivity index (χ0n) is 8.89. The third kappa shape index (κ3) is 2.57. The van der Waals surface area contributed by atoms with Crippen LogP contribution in [-0.2, 0) is 9.59 Å². The molecule has 90 valence electrons. The number of anilines is 1. The standard InChI is InChI=1S/C11H11ClN2O3/c12-7-1-3-8(4-2-7)14-6-9(11(16)17)13-5-10(14)15/h1-4,9,13H,5-6H2,(H,16,17). The third-order valence-electron chi connectivity index (χ3n) is 2.60. The minimum absolute atomic E-state index is 0.0274. The van der Waals surface area contributed by atoms with E-state index in [2.05, 4.69) is 5.32 Å². The molecular formula is C11H11ClN2O3. The monoisotopic (exact) mass is 254 g/mol. The second kappa shape index (κ2) is 4.73. The molecule has 1 aliphatic rings. The summed E-state index contributed by atoms with van der Waals surface area (Å²) in [6.45, 7) is 0.148. The molecule has 0 spiro atoms. The molecule has 1 saturated heterocycles. The van der Waals surface area contributed by atoms with Gasteiger partial charge in [0.25, 0.3) is 0 Å². The number of benzene rings is 1. The zero-order chi connectivity index (χ0) is 12.4. The van der Waals surface area contributed by atoms with E-state index in [1.165, 1.54) is 4.90 Å². The Kier molecular flexibility index (Phi) is 3.31. The highest BCUT2D eigenvalue weighted by molar-refractivity contribution is 6.30. The van der Waals surface area contributed by atoms with Crippen LogP contribution in [0.3, 0.4) is 0 Å². The van der Waals surface area contributed by atoms with Crippen LogP contribution in [0, 0.1) is 0 Å². The molecule has 1 atom stereocenters. The van der Waals surface area contributed by atoms with Gasteiger partial charge in [-0.25, -0.2) is 0 Å². The van der Waals surface area contributed by atoms with Crippen LogP contribution in [0.1, 0.15) is 0 Å². The van der Waals surface area contributed by atoms with Gasteiger partial charge in [0.15, 0.2) is 0 Å². The molecule has 0 saturated carbocycles. The number of amides is 1. The summed E-state index contributed by atoms with van der Waals surface area (Å²) < 4.78 is 0. The van der Waals surface area contributed by atoms with Crippen molar-refractivity contribution in [3.8, 4) is 0 Å². The van der Waals surface area contributed by atoms with E-state index in [0.29, 0.717) is 10.7 Å². The maximum atomic E-state index is 11.7. The predicted octanol–water partition coefficient (Wildman–Crippen LogP) is 0.729. The topological polar surface area (TPSA) is 69.6 Å². The highest BCUT2D eigenvalue weighted by Gasteiger charge is 2.30. The van der Waals surface area contributed by atoms with Crippen molar-refractivity contribution in [2.24, 2.45) is 0 Å². The summed E-state index contributed by atoms with van der Waals surface area (Å²) in [5.41, 5.74) is 0.659. The average Bonchev–Trinajstić information content (AvgIpc) is 2.31. The highest BCUT2D eigenvalue weighted by atomic mass is 35.5. The number of piperazine rings is 1. The fourth-order valence-corrected chi connectivity index (χ4v) is 1.82. The Morgan fingerprint density at radius 2 is 2.06 bits per heavy atom. The molecule has 2 rings (SSSR count). The number of carbonyl (C=O) groups excluding carboxylic acids is 1. The largest absolute Gasteiger partial charge is 0.480 e. The minimum Gasteiger partial charge on any atom is -0.480 e. The molecule has 1 aliphatic heterocycles. The molecule has 1 fully saturated rings. The number of hydrogen-bond acceptors (Lipinski definition) is 3. The minimum atomic E-state index is -0.962. The number of hydrogen-bond donors (Lipinski definition) is 2. The van der Waals surface area contributed by atoms with Crippen molar-refractivity contribution in [3.05, 3.63) is 29.3 Å². The number of carboxylic acids is 1. The van der Waals surface area contributed by atoms with E-state index in [4.69, 9.17) is 16.7 Å². The zero-order valence-corrected chi connectivity index (χ0v) is 9.65. The summed E-state index contributed by atoms with van der Waals surface area (Å²) in [6, 6.07) is 6.00. The fraction of sp³-hybridized carbons (Fsp3) is 0.273. The quantitative estimate of drug-likeness (QED) is 0.816. The summed E-state index contributed by atoms with van der Waals surface area (Å²) in [7, 11) is 0. The van der Waals surface area contributed by atoms with Crippen LogP contribution in [-0.4, -0.2) is 36.1 Å². The molecule has 5 nitrogen and oxygen atoms in total. The van der Waals surface area contributed by atoms with Crippen LogP contribution in [0.25, 0.3) is 0 Å². The molecule has 2 N–H and O–H groups in total. The molecule has 6 heteroatoms. The van der Waals surface area contributed by atoms with Crippen molar-refractivity contribution in [3.63, 3.8) is 0 Å². The lowest BCUT2D eigenvalue weighted by molar-refractivity contribution is -0.139. The Balaban J connectivity index is 2.20. The molecule has 17 heavy (non-hydrogen) atoms. The third-order valence-corrected chi connectivity index (χ3v) is 2.85. The Bertz CT molecular complexity index is 447. The van der Waals surface area contributed by atoms with Gasteiger partial charge in [-0.1, -0.05) is 11.6 Å². The van der Waals surface area contributed by atoms with Gasteiger partial charge in [0, 0.05) is 10.7 Å². The first-order chi connectivity index (χ1) is 8.08. The van der Waals surface area contributed by atoms with Crippen molar-refractivity contribution >= 4 is 29.2 Å². The molecular weight excluding hydrogens is 244 g/mol. The molecule has 0 bridgehead atoms. The average molecular weight is 255 g/mol. The van der Waals surface area contributed by atoms with Gasteiger partial charge in [-0.3, -0.25) is 14.9 Å². The number of rotatable bonds is 2. The second-order valence-electron chi connectivity index (χ2n) is 3.75. The van der Waals surface area contributed by atoms with Gasteiger partial charge in [-0.2, -0.15) is 0 Å². The molecule has 0 aliphatic carbocycles. The Morgan fingerprint density at radius 1 is 1.41 bits per heavy atom. The smallest absolute Gasteiger partial charge is 0.322 e. The number of nitrogens with one attached hydrogen (secondary N) is 1. The first kappa shape index (κ1) is 11.9. The number of aliphatic carboxylic acids is 1. The van der Waals surface area contributed by atoms with Gasteiger partial charge in [0.05, 0.1) is 13.1 Å². The summed E-state index contributed by atoms with van der Waals surface area (Å²) in [5, 5.41) is 12.1. The van der Waals surface area contributed by atoms with Crippen molar-refractivity contribution in [1.82, 2.24) is 5.32 Å². The van der Waals surface area contributed by atoms with Gasteiger partial charge in [0.1, 0.15) is 6.04 Å². The normalized spacial score (nSPS) is 20.4. The van der Waals surface area contributed by atoms with Gasteiger partial charge in [-0.15, -0.1) is 0 Å². The van der Waals surface area contributed by atoms with E-state index in [1.807, 2.05) is 0 Å². The predicted molar refractivity (Wildman–Crippen MR) is 63.2 cm³/mol. The number of carbonyl (C=O) groups is 2. The summed E-state index contributed by atoms with van der Waals surface area (Å²) >= 11 is 5.76. The lowest BCUT2D eigenvalue weighted by Crippen LogP contribution is -2.57. The van der Waals surface area contributed by atoms with Crippen molar-refractivity contribution in [2.45, 2.75) is 6.04 Å². The van der Waals surface area contributed by atoms with E-state index in [9.17, 15) is 9.59 Å². The molecule has 1 heterocycles. The molecule has 1 aromatic rings. The van der Waals surface area contributed by atoms with Crippen LogP contribution in [0.5, 0.6) is 0 Å². The second-order valence-corrected chi connectivity index (χ2v) is 4.19. The molecule has 0 aromatic heterocycles. The Morgan fingerprint density at radius 3 is 2.65 bits per heavy atom. The number of carboxylic acid groups (broad SMARTS) is 1. The molecule has 0 radical (unpaired) electrons. The van der Waals surface area contributed by atoms with Gasteiger partial charge in [-0.05, 0) is 24.3 Å². The molecule has 1 unspecified atom stereocenters. The van der Waals surface area contributed by atoms with E-state index in [-0.39, 0.29) is 19.0 Å². The van der Waals surface area contributed by atoms with E-state index >= 15 is 0 Å². The number of nitrogens with zero attached hydrogens (tertiary/aromatic N) is 1. The van der Waals surface area contributed by atoms with Crippen LogP contribution < -0.4 is 10.2 Å². The van der Waals surface area contributed by atoms with E-state index in [1.54, 1.807) is 24.3 Å². The van der Waals surface area contributed by atoms with E-state index in [0.717, 1.165) is 0 Å². The molecule has 1 amide bonds. The SMILES string of the molecule is O=C(O)C1CN(c2ccc(Cl)cc2)C(=O)CN1. The van der Waals surface area contributed by atoms with Crippen molar-refractivity contribution in [2.75, 3.05) is 18.0 Å². The lowest BCUT2D eigenvalue weighted by atomic mass is 10.2. The van der Waals surface area contributed by atoms with Crippen molar-refractivity contribution in [1.29, 1.82) is 0 Å².